The molecular weight excluding hydrogens is 350 g/mol. The van der Waals surface area contributed by atoms with Crippen molar-refractivity contribution < 1.29 is 0 Å². The van der Waals surface area contributed by atoms with Gasteiger partial charge in [-0.2, -0.15) is 0 Å². The molecule has 0 aromatic rings. The van der Waals surface area contributed by atoms with Crippen LogP contribution in [0, 0.1) is 12.8 Å². The van der Waals surface area contributed by atoms with Gasteiger partial charge in [-0.15, -0.1) is 18.5 Å². The van der Waals surface area contributed by atoms with Crippen LogP contribution in [0.4, 0.5) is 0 Å². The Morgan fingerprint density at radius 1 is 0.654 bits per heavy atom. The van der Waals surface area contributed by atoms with E-state index in [-0.39, 0.29) is 0 Å². The van der Waals surface area contributed by atoms with Crippen LogP contribution in [-0.2, 0) is 0 Å². The number of hydrogen-bond donors (Lipinski definition) is 0. The summed E-state index contributed by atoms with van der Waals surface area (Å²) in [4.78, 5) is 0. The molecule has 0 fully saturated rings. The van der Waals surface area contributed by atoms with Gasteiger partial charge < -0.3 is 0 Å². The van der Waals surface area contributed by atoms with E-state index in [1.165, 1.54) is 96.3 Å². The molecule has 0 spiro atoms. The van der Waals surface area contributed by atoms with E-state index in [0.29, 0.717) is 10.3 Å². The zero-order valence-corrected chi connectivity index (χ0v) is 21.1. The zero-order chi connectivity index (χ0) is 19.9. The first-order chi connectivity index (χ1) is 12.4. The first kappa shape index (κ1) is 26.9. The van der Waals surface area contributed by atoms with E-state index in [1.54, 1.807) is 0 Å². The van der Waals surface area contributed by atoms with E-state index in [4.69, 9.17) is 0 Å². The van der Waals surface area contributed by atoms with Crippen LogP contribution < -0.4 is 0 Å². The minimum absolute atomic E-state index is 0.465. The molecule has 0 nitrogen and oxygen atoms in total. The van der Waals surface area contributed by atoms with Gasteiger partial charge in [-0.3, -0.25) is 0 Å². The molecule has 26 heavy (non-hydrogen) atoms. The highest BCUT2D eigenvalue weighted by Gasteiger charge is 2.32. The molecule has 0 N–H and O–H groups in total. The molecule has 0 aromatic heterocycles. The molecule has 0 aliphatic carbocycles. The Morgan fingerprint density at radius 2 is 0.962 bits per heavy atom. The van der Waals surface area contributed by atoms with Crippen molar-refractivity contribution in [3.63, 3.8) is 0 Å². The first-order valence-electron chi connectivity index (χ1n) is 11.8. The monoisotopic (exact) mass is 401 g/mol. The SMILES string of the molecule is [CH2]CCC(CC(P)(CCCC)CCCC)CC(P)(CCCC)CCCC. The maximum absolute atomic E-state index is 4.22. The van der Waals surface area contributed by atoms with Gasteiger partial charge in [0.15, 0.2) is 0 Å². The van der Waals surface area contributed by atoms with E-state index >= 15 is 0 Å². The summed E-state index contributed by atoms with van der Waals surface area (Å²) in [6.07, 6.45) is 21.5. The second-order valence-corrected chi connectivity index (χ2v) is 11.5. The minimum atomic E-state index is 0.465. The molecule has 157 valence electrons. The third-order valence-electron chi connectivity index (χ3n) is 6.12. The average Bonchev–Trinajstić information content (AvgIpc) is 2.62. The van der Waals surface area contributed by atoms with Gasteiger partial charge in [0.1, 0.15) is 0 Å². The van der Waals surface area contributed by atoms with Crippen LogP contribution in [0.5, 0.6) is 0 Å². The zero-order valence-electron chi connectivity index (χ0n) is 18.8. The highest BCUT2D eigenvalue weighted by molar-refractivity contribution is 7.19. The highest BCUT2D eigenvalue weighted by atomic mass is 31.0. The topological polar surface area (TPSA) is 0 Å². The fourth-order valence-electron chi connectivity index (χ4n) is 4.49. The molecule has 0 rings (SSSR count). The van der Waals surface area contributed by atoms with Crippen molar-refractivity contribution in [2.75, 3.05) is 0 Å². The van der Waals surface area contributed by atoms with Gasteiger partial charge in [-0.1, -0.05) is 98.8 Å². The van der Waals surface area contributed by atoms with Crippen molar-refractivity contribution in [2.45, 2.75) is 141 Å². The van der Waals surface area contributed by atoms with Crippen LogP contribution >= 0.6 is 18.5 Å². The minimum Gasteiger partial charge on any atom is -0.131 e. The van der Waals surface area contributed by atoms with Crippen LogP contribution in [0.3, 0.4) is 0 Å². The largest absolute Gasteiger partial charge is 0.131 e. The predicted octanol–water partition coefficient (Wildman–Crippen LogP) is 8.99. The summed E-state index contributed by atoms with van der Waals surface area (Å²) < 4.78 is 0. The summed E-state index contributed by atoms with van der Waals surface area (Å²) in [7, 11) is 6.65. The lowest BCUT2D eigenvalue weighted by Gasteiger charge is -2.39. The summed E-state index contributed by atoms with van der Waals surface area (Å²) in [5, 5.41) is 0.930. The summed E-state index contributed by atoms with van der Waals surface area (Å²) in [5.41, 5.74) is 0. The molecule has 2 heteroatoms. The smallest absolute Gasteiger partial charge is 0.0147 e. The van der Waals surface area contributed by atoms with Gasteiger partial charge in [-0.05, 0) is 54.8 Å². The number of hydrogen-bond acceptors (Lipinski definition) is 0. The molecule has 0 bridgehead atoms. The first-order valence-corrected chi connectivity index (χ1v) is 12.9. The Labute approximate surface area is 172 Å². The Morgan fingerprint density at radius 3 is 1.19 bits per heavy atom. The van der Waals surface area contributed by atoms with Crippen molar-refractivity contribution in [1.82, 2.24) is 0 Å². The summed E-state index contributed by atoms with van der Waals surface area (Å²) in [5.74, 6) is 0.838. The lowest BCUT2D eigenvalue weighted by atomic mass is 9.77. The quantitative estimate of drug-likeness (QED) is 0.201. The molecule has 0 aliphatic rings. The normalized spacial score (nSPS) is 12.9. The molecule has 1 radical (unpaired) electrons. The van der Waals surface area contributed by atoms with Crippen molar-refractivity contribution in [3.05, 3.63) is 6.92 Å². The summed E-state index contributed by atoms with van der Waals surface area (Å²) in [6, 6.07) is 0. The molecule has 0 heterocycles. The molecule has 2 atom stereocenters. The summed E-state index contributed by atoms with van der Waals surface area (Å²) in [6.45, 7) is 13.6. The second kappa shape index (κ2) is 15.7. The fraction of sp³-hybridized carbons (Fsp3) is 0.958. The standard InChI is InChI=1S/C24H51P2/c1-6-11-16-23(25,17-12-7-2)20-22(15-10-5)21-24(26,18-13-8-3)19-14-9-4/h22H,5-21,25-26H2,1-4H3. The molecule has 0 saturated carbocycles. The Bertz CT molecular complexity index is 269. The van der Waals surface area contributed by atoms with E-state index < -0.39 is 0 Å². The van der Waals surface area contributed by atoms with Crippen molar-refractivity contribution in [3.8, 4) is 0 Å². The van der Waals surface area contributed by atoms with Crippen LogP contribution in [-0.4, -0.2) is 10.3 Å². The van der Waals surface area contributed by atoms with E-state index in [0.717, 1.165) is 12.3 Å². The van der Waals surface area contributed by atoms with Crippen molar-refractivity contribution in [1.29, 1.82) is 0 Å². The number of unbranched alkanes of at least 4 members (excludes halogenated alkanes) is 4. The lowest BCUT2D eigenvalue weighted by molar-refractivity contribution is 0.283. The van der Waals surface area contributed by atoms with E-state index in [1.807, 2.05) is 0 Å². The van der Waals surface area contributed by atoms with Crippen LogP contribution in [0.25, 0.3) is 0 Å². The van der Waals surface area contributed by atoms with E-state index in [2.05, 4.69) is 53.1 Å². The van der Waals surface area contributed by atoms with Gasteiger partial charge in [0.2, 0.25) is 0 Å². The van der Waals surface area contributed by atoms with Crippen LogP contribution in [0.1, 0.15) is 130 Å². The van der Waals surface area contributed by atoms with Crippen LogP contribution in [0.2, 0.25) is 0 Å². The van der Waals surface area contributed by atoms with Gasteiger partial charge >= 0.3 is 0 Å². The summed E-state index contributed by atoms with van der Waals surface area (Å²) >= 11 is 0. The lowest BCUT2D eigenvalue weighted by Crippen LogP contribution is -2.30. The molecule has 0 saturated heterocycles. The Kier molecular flexibility index (Phi) is 16.3. The van der Waals surface area contributed by atoms with Crippen molar-refractivity contribution in [2.24, 2.45) is 5.92 Å². The second-order valence-electron chi connectivity index (χ2n) is 9.06. The fourth-order valence-corrected chi connectivity index (χ4v) is 5.97. The van der Waals surface area contributed by atoms with Crippen LogP contribution in [0.15, 0.2) is 0 Å². The third kappa shape index (κ3) is 12.3. The Hall–Kier alpha value is 0.860. The molecule has 0 amide bonds. The Balaban J connectivity index is 5.10. The predicted molar refractivity (Wildman–Crippen MR) is 130 cm³/mol. The average molecular weight is 402 g/mol. The molecule has 0 aliphatic heterocycles. The maximum atomic E-state index is 4.22. The van der Waals surface area contributed by atoms with E-state index in [9.17, 15) is 0 Å². The van der Waals surface area contributed by atoms with Gasteiger partial charge in [0.25, 0.3) is 0 Å². The number of rotatable bonds is 18. The van der Waals surface area contributed by atoms with Gasteiger partial charge in [0, 0.05) is 0 Å². The highest BCUT2D eigenvalue weighted by Crippen LogP contribution is 2.44. The third-order valence-corrected chi connectivity index (χ3v) is 7.74. The molecule has 0 aromatic carbocycles. The van der Waals surface area contributed by atoms with Gasteiger partial charge in [-0.25, -0.2) is 0 Å². The van der Waals surface area contributed by atoms with Crippen molar-refractivity contribution >= 4 is 18.5 Å². The maximum Gasteiger partial charge on any atom is -0.0147 e. The molecular formula is C24H51P2. The van der Waals surface area contributed by atoms with Gasteiger partial charge in [0.05, 0.1) is 0 Å². The molecule has 2 unspecified atom stereocenters.